The van der Waals surface area contributed by atoms with Crippen molar-refractivity contribution in [3.63, 3.8) is 0 Å². The number of hydrazine groups is 1. The molecular formula is C14H14BrCl2FN2. The molecule has 0 saturated carbocycles. The van der Waals surface area contributed by atoms with Gasteiger partial charge in [0.2, 0.25) is 0 Å². The number of rotatable bonds is 5. The lowest BCUT2D eigenvalue weighted by atomic mass is 10.1. The van der Waals surface area contributed by atoms with Crippen molar-refractivity contribution in [1.82, 2.24) is 5.43 Å². The topological polar surface area (TPSA) is 24.1 Å². The SMILES string of the molecule is Cl.Fc1ccc(CC(Br)NNc2ccc(Cl)cc2)cc1. The fourth-order valence-electron chi connectivity index (χ4n) is 1.57. The van der Waals surface area contributed by atoms with Crippen LogP contribution in [0.25, 0.3) is 0 Å². The van der Waals surface area contributed by atoms with Crippen LogP contribution in [0.4, 0.5) is 10.1 Å². The van der Waals surface area contributed by atoms with E-state index in [-0.39, 0.29) is 23.2 Å². The van der Waals surface area contributed by atoms with Gasteiger partial charge in [-0.25, -0.2) is 9.82 Å². The zero-order valence-corrected chi connectivity index (χ0v) is 13.6. The van der Waals surface area contributed by atoms with Crippen LogP contribution < -0.4 is 10.9 Å². The Kier molecular flexibility index (Phi) is 7.30. The standard InChI is InChI=1S/C14H13BrClFN2.ClH/c15-14(9-10-1-5-12(17)6-2-10)19-18-13-7-3-11(16)4-8-13;/h1-8,14,18-19H,9H2;1H. The van der Waals surface area contributed by atoms with Gasteiger partial charge in [-0.1, -0.05) is 39.7 Å². The number of benzene rings is 2. The van der Waals surface area contributed by atoms with Gasteiger partial charge in [-0.2, -0.15) is 0 Å². The first-order valence-electron chi connectivity index (χ1n) is 5.79. The molecule has 0 bridgehead atoms. The maximum absolute atomic E-state index is 12.8. The van der Waals surface area contributed by atoms with Crippen LogP contribution in [0.1, 0.15) is 5.56 Å². The van der Waals surface area contributed by atoms with Crippen LogP contribution >= 0.6 is 39.9 Å². The largest absolute Gasteiger partial charge is 0.320 e. The van der Waals surface area contributed by atoms with Crippen molar-refractivity contribution in [2.45, 2.75) is 11.4 Å². The molecule has 108 valence electrons. The highest BCUT2D eigenvalue weighted by molar-refractivity contribution is 9.09. The zero-order valence-electron chi connectivity index (χ0n) is 10.4. The predicted octanol–water partition coefficient (Wildman–Crippen LogP) is 4.78. The van der Waals surface area contributed by atoms with Crippen LogP contribution in [0.15, 0.2) is 48.5 Å². The number of alkyl halides is 1. The second-order valence-corrected chi connectivity index (χ2v) is 5.62. The highest BCUT2D eigenvalue weighted by Gasteiger charge is 2.04. The second kappa shape index (κ2) is 8.47. The summed E-state index contributed by atoms with van der Waals surface area (Å²) < 4.78 is 12.8. The highest BCUT2D eigenvalue weighted by atomic mass is 79.9. The van der Waals surface area contributed by atoms with Gasteiger partial charge >= 0.3 is 0 Å². The molecule has 0 aliphatic heterocycles. The minimum Gasteiger partial charge on any atom is -0.320 e. The van der Waals surface area contributed by atoms with Crippen molar-refractivity contribution < 1.29 is 4.39 Å². The predicted molar refractivity (Wildman–Crippen MR) is 88.3 cm³/mol. The van der Waals surface area contributed by atoms with Crippen LogP contribution in [0.2, 0.25) is 5.02 Å². The van der Waals surface area contributed by atoms with Crippen LogP contribution in [0.5, 0.6) is 0 Å². The third kappa shape index (κ3) is 5.67. The highest BCUT2D eigenvalue weighted by Crippen LogP contribution is 2.14. The first-order valence-corrected chi connectivity index (χ1v) is 7.08. The maximum atomic E-state index is 12.8. The molecule has 20 heavy (non-hydrogen) atoms. The van der Waals surface area contributed by atoms with Crippen molar-refractivity contribution in [2.24, 2.45) is 0 Å². The molecule has 2 aromatic rings. The van der Waals surface area contributed by atoms with E-state index in [1.165, 1.54) is 12.1 Å². The number of hydrogen-bond acceptors (Lipinski definition) is 2. The van der Waals surface area contributed by atoms with E-state index in [0.717, 1.165) is 17.7 Å². The minimum atomic E-state index is -0.220. The molecule has 2 nitrogen and oxygen atoms in total. The molecule has 0 radical (unpaired) electrons. The van der Waals surface area contributed by atoms with Gasteiger partial charge in [0.15, 0.2) is 0 Å². The van der Waals surface area contributed by atoms with Crippen molar-refractivity contribution >= 4 is 45.6 Å². The molecule has 0 saturated heterocycles. The van der Waals surface area contributed by atoms with Crippen LogP contribution in [0, 0.1) is 5.82 Å². The fraction of sp³-hybridized carbons (Fsp3) is 0.143. The molecule has 6 heteroatoms. The van der Waals surface area contributed by atoms with E-state index in [1.807, 2.05) is 24.3 Å². The van der Waals surface area contributed by atoms with Crippen molar-refractivity contribution in [1.29, 1.82) is 0 Å². The average molecular weight is 380 g/mol. The maximum Gasteiger partial charge on any atom is 0.123 e. The van der Waals surface area contributed by atoms with E-state index in [9.17, 15) is 4.39 Å². The molecule has 0 aliphatic rings. The summed E-state index contributed by atoms with van der Waals surface area (Å²) in [5.41, 5.74) is 8.16. The monoisotopic (exact) mass is 378 g/mol. The second-order valence-electron chi connectivity index (χ2n) is 4.07. The van der Waals surface area contributed by atoms with Gasteiger partial charge in [0.05, 0.1) is 4.95 Å². The van der Waals surface area contributed by atoms with E-state index >= 15 is 0 Å². The Balaban J connectivity index is 0.00000200. The quantitative estimate of drug-likeness (QED) is 0.443. The van der Waals surface area contributed by atoms with E-state index in [4.69, 9.17) is 11.6 Å². The Bertz CT molecular complexity index is 520. The number of nitrogens with one attached hydrogen (secondary N) is 2. The summed E-state index contributed by atoms with van der Waals surface area (Å²) in [5, 5.41) is 0.701. The van der Waals surface area contributed by atoms with Crippen molar-refractivity contribution in [3.05, 3.63) is 64.9 Å². The van der Waals surface area contributed by atoms with Gasteiger partial charge in [-0.15, -0.1) is 12.4 Å². The van der Waals surface area contributed by atoms with Crippen LogP contribution in [-0.4, -0.2) is 4.95 Å². The Labute approximate surface area is 137 Å². The van der Waals surface area contributed by atoms with E-state index in [0.29, 0.717) is 5.02 Å². The normalized spacial score (nSPS) is 11.6. The Morgan fingerprint density at radius 3 is 2.25 bits per heavy atom. The first kappa shape index (κ1) is 17.2. The molecule has 0 spiro atoms. The Morgan fingerprint density at radius 1 is 1.05 bits per heavy atom. The summed E-state index contributed by atoms with van der Waals surface area (Å²) in [4.78, 5) is 0.0358. The lowest BCUT2D eigenvalue weighted by Gasteiger charge is -2.14. The fourth-order valence-corrected chi connectivity index (χ4v) is 2.19. The zero-order chi connectivity index (χ0) is 13.7. The molecule has 0 aromatic heterocycles. The summed E-state index contributed by atoms with van der Waals surface area (Å²) in [6, 6.07) is 13.9. The van der Waals surface area contributed by atoms with Crippen molar-refractivity contribution in [2.75, 3.05) is 5.43 Å². The molecule has 2 aromatic carbocycles. The Hall–Kier alpha value is -0.810. The van der Waals surface area contributed by atoms with E-state index in [2.05, 4.69) is 26.8 Å². The number of halogens is 4. The van der Waals surface area contributed by atoms with Crippen LogP contribution in [-0.2, 0) is 6.42 Å². The van der Waals surface area contributed by atoms with E-state index < -0.39 is 0 Å². The molecule has 2 N–H and O–H groups in total. The molecule has 0 fully saturated rings. The third-order valence-electron chi connectivity index (χ3n) is 2.55. The summed E-state index contributed by atoms with van der Waals surface area (Å²) in [6.07, 6.45) is 0.737. The summed E-state index contributed by atoms with van der Waals surface area (Å²) in [7, 11) is 0. The van der Waals surface area contributed by atoms with Gasteiger partial charge in [-0.3, -0.25) is 0 Å². The molecular weight excluding hydrogens is 366 g/mol. The van der Waals surface area contributed by atoms with Crippen LogP contribution in [0.3, 0.4) is 0 Å². The lowest BCUT2D eigenvalue weighted by Crippen LogP contribution is -2.30. The number of hydrogen-bond donors (Lipinski definition) is 2. The molecule has 1 unspecified atom stereocenters. The minimum absolute atomic E-state index is 0. The molecule has 0 aliphatic carbocycles. The smallest absolute Gasteiger partial charge is 0.123 e. The number of anilines is 1. The van der Waals surface area contributed by atoms with Gasteiger partial charge < -0.3 is 5.43 Å². The summed E-state index contributed by atoms with van der Waals surface area (Å²) in [6.45, 7) is 0. The summed E-state index contributed by atoms with van der Waals surface area (Å²) in [5.74, 6) is -0.220. The van der Waals surface area contributed by atoms with E-state index in [1.54, 1.807) is 12.1 Å². The summed E-state index contributed by atoms with van der Waals surface area (Å²) >= 11 is 9.32. The van der Waals surface area contributed by atoms with Gasteiger partial charge in [0.25, 0.3) is 0 Å². The molecule has 0 amide bonds. The lowest BCUT2D eigenvalue weighted by molar-refractivity contribution is 0.626. The average Bonchev–Trinajstić information content (AvgIpc) is 2.41. The molecule has 1 atom stereocenters. The van der Waals surface area contributed by atoms with Crippen molar-refractivity contribution in [3.8, 4) is 0 Å². The first-order chi connectivity index (χ1) is 9.13. The van der Waals surface area contributed by atoms with Gasteiger partial charge in [-0.05, 0) is 48.4 Å². The Morgan fingerprint density at radius 2 is 1.65 bits per heavy atom. The molecule has 2 rings (SSSR count). The van der Waals surface area contributed by atoms with Gasteiger partial charge in [0, 0.05) is 10.7 Å². The molecule has 0 heterocycles. The third-order valence-corrected chi connectivity index (χ3v) is 3.35. The van der Waals surface area contributed by atoms with Gasteiger partial charge in [0.1, 0.15) is 5.82 Å².